The molecule has 28 heavy (non-hydrogen) atoms. The van der Waals surface area contributed by atoms with Crippen LogP contribution in [0.1, 0.15) is 5.56 Å². The summed E-state index contributed by atoms with van der Waals surface area (Å²) < 4.78 is 40.3. The van der Waals surface area contributed by atoms with E-state index in [1.165, 1.54) is 22.5 Å². The molecule has 1 saturated heterocycles. The summed E-state index contributed by atoms with van der Waals surface area (Å²) in [6.45, 7) is 2.11. The second-order valence-corrected chi connectivity index (χ2v) is 8.60. The number of carbonyl (C=O) groups excluding carboxylic acids is 1. The highest BCUT2D eigenvalue weighted by molar-refractivity contribution is 7.89. The van der Waals surface area contributed by atoms with Crippen LogP contribution in [0, 0.1) is 5.82 Å². The second-order valence-electron chi connectivity index (χ2n) is 6.70. The molecule has 0 atom stereocenters. The third-order valence-electron chi connectivity index (χ3n) is 4.73. The van der Waals surface area contributed by atoms with Crippen molar-refractivity contribution in [1.82, 2.24) is 14.5 Å². The number of nitrogens with one attached hydrogen (secondary N) is 1. The molecule has 3 rings (SSSR count). The van der Waals surface area contributed by atoms with Gasteiger partial charge in [-0.1, -0.05) is 42.5 Å². The summed E-state index contributed by atoms with van der Waals surface area (Å²) >= 11 is 0. The molecule has 1 heterocycles. The van der Waals surface area contributed by atoms with Crippen molar-refractivity contribution in [3.63, 3.8) is 0 Å². The lowest BCUT2D eigenvalue weighted by Crippen LogP contribution is -2.51. The van der Waals surface area contributed by atoms with E-state index in [-0.39, 0.29) is 30.4 Å². The van der Waals surface area contributed by atoms with Gasteiger partial charge < -0.3 is 5.32 Å². The van der Waals surface area contributed by atoms with Crippen LogP contribution in [0.15, 0.2) is 59.5 Å². The van der Waals surface area contributed by atoms with Crippen molar-refractivity contribution >= 4 is 15.9 Å². The van der Waals surface area contributed by atoms with E-state index in [1.807, 2.05) is 35.2 Å². The molecule has 1 fully saturated rings. The van der Waals surface area contributed by atoms with Gasteiger partial charge in [0.15, 0.2) is 0 Å². The van der Waals surface area contributed by atoms with Crippen LogP contribution in [-0.4, -0.2) is 62.8 Å². The Bertz CT molecular complexity index is 898. The van der Waals surface area contributed by atoms with Crippen LogP contribution >= 0.6 is 0 Å². The fourth-order valence-electron chi connectivity index (χ4n) is 3.17. The van der Waals surface area contributed by atoms with Gasteiger partial charge in [0, 0.05) is 32.7 Å². The van der Waals surface area contributed by atoms with Crippen LogP contribution < -0.4 is 5.32 Å². The number of carbonyl (C=O) groups is 1. The van der Waals surface area contributed by atoms with Gasteiger partial charge in [0.05, 0.1) is 6.54 Å². The zero-order valence-corrected chi connectivity index (χ0v) is 16.4. The molecule has 1 aliphatic rings. The number of rotatable bonds is 7. The lowest BCUT2D eigenvalue weighted by atomic mass is 10.1. The van der Waals surface area contributed by atoms with E-state index in [0.717, 1.165) is 18.1 Å². The molecule has 150 valence electrons. The Kier molecular flexibility index (Phi) is 6.77. The monoisotopic (exact) mass is 405 g/mol. The molecule has 0 aromatic heterocycles. The molecule has 0 saturated carbocycles. The van der Waals surface area contributed by atoms with Crippen LogP contribution in [0.5, 0.6) is 0 Å². The summed E-state index contributed by atoms with van der Waals surface area (Å²) in [4.78, 5) is 13.7. The molecule has 0 spiro atoms. The predicted octanol–water partition coefficient (Wildman–Crippen LogP) is 1.49. The van der Waals surface area contributed by atoms with Crippen LogP contribution in [0.3, 0.4) is 0 Å². The van der Waals surface area contributed by atoms with Gasteiger partial charge in [-0.25, -0.2) is 12.8 Å². The van der Waals surface area contributed by atoms with Gasteiger partial charge in [-0.2, -0.15) is 4.31 Å². The summed E-state index contributed by atoms with van der Waals surface area (Å²) in [6, 6.07) is 15.3. The standard InChI is InChI=1S/C20H24FN3O3S/c21-18-8-4-5-9-19(18)28(26,27)24-14-12-23(13-15-24)16-20(25)22-11-10-17-6-2-1-3-7-17/h1-9H,10-16H2,(H,22,25). The summed E-state index contributed by atoms with van der Waals surface area (Å²) in [5, 5.41) is 2.89. The quantitative estimate of drug-likeness (QED) is 0.758. The van der Waals surface area contributed by atoms with Crippen molar-refractivity contribution in [3.8, 4) is 0 Å². The van der Waals surface area contributed by atoms with Gasteiger partial charge in [-0.05, 0) is 24.1 Å². The van der Waals surface area contributed by atoms with Gasteiger partial charge in [0.1, 0.15) is 10.7 Å². The fraction of sp³-hybridized carbons (Fsp3) is 0.350. The molecule has 0 bridgehead atoms. The van der Waals surface area contributed by atoms with Crippen LogP contribution in [0.2, 0.25) is 0 Å². The Morgan fingerprint density at radius 2 is 1.61 bits per heavy atom. The minimum absolute atomic E-state index is 0.0821. The Hall–Kier alpha value is -2.29. The zero-order valence-electron chi connectivity index (χ0n) is 15.6. The average molecular weight is 405 g/mol. The first-order valence-electron chi connectivity index (χ1n) is 9.24. The first-order valence-corrected chi connectivity index (χ1v) is 10.7. The maximum Gasteiger partial charge on any atom is 0.246 e. The Morgan fingerprint density at radius 1 is 0.964 bits per heavy atom. The number of halogens is 1. The first kappa shape index (κ1) is 20.4. The molecule has 0 unspecified atom stereocenters. The fourth-order valence-corrected chi connectivity index (χ4v) is 4.66. The summed E-state index contributed by atoms with van der Waals surface area (Å²) in [6.07, 6.45) is 0.765. The molecule has 1 aliphatic heterocycles. The van der Waals surface area contributed by atoms with E-state index in [4.69, 9.17) is 0 Å². The number of nitrogens with zero attached hydrogens (tertiary/aromatic N) is 2. The van der Waals surface area contributed by atoms with Crippen molar-refractivity contribution in [2.45, 2.75) is 11.3 Å². The molecular formula is C20H24FN3O3S. The number of piperazine rings is 1. The SMILES string of the molecule is O=C(CN1CCN(S(=O)(=O)c2ccccc2F)CC1)NCCc1ccccc1. The highest BCUT2D eigenvalue weighted by Crippen LogP contribution is 2.20. The Labute approximate surface area is 165 Å². The van der Waals surface area contributed by atoms with Crippen molar-refractivity contribution in [3.05, 3.63) is 66.0 Å². The highest BCUT2D eigenvalue weighted by Gasteiger charge is 2.30. The maximum atomic E-state index is 13.9. The largest absolute Gasteiger partial charge is 0.355 e. The van der Waals surface area contributed by atoms with Gasteiger partial charge in [-0.3, -0.25) is 9.69 Å². The number of sulfonamides is 1. The number of benzene rings is 2. The van der Waals surface area contributed by atoms with E-state index in [0.29, 0.717) is 19.6 Å². The number of hydrogen-bond acceptors (Lipinski definition) is 4. The van der Waals surface area contributed by atoms with Crippen molar-refractivity contribution < 1.29 is 17.6 Å². The predicted molar refractivity (Wildman–Crippen MR) is 105 cm³/mol. The van der Waals surface area contributed by atoms with Crippen LogP contribution in [0.4, 0.5) is 4.39 Å². The van der Waals surface area contributed by atoms with Gasteiger partial charge in [0.25, 0.3) is 0 Å². The molecule has 8 heteroatoms. The van der Waals surface area contributed by atoms with Gasteiger partial charge in [-0.15, -0.1) is 0 Å². The van der Waals surface area contributed by atoms with Gasteiger partial charge >= 0.3 is 0 Å². The molecule has 2 aromatic carbocycles. The molecular weight excluding hydrogens is 381 g/mol. The van der Waals surface area contributed by atoms with E-state index in [9.17, 15) is 17.6 Å². The first-order chi connectivity index (χ1) is 13.5. The molecule has 0 aliphatic carbocycles. The normalized spacial score (nSPS) is 16.0. The average Bonchev–Trinajstić information content (AvgIpc) is 2.69. The lowest BCUT2D eigenvalue weighted by Gasteiger charge is -2.33. The van der Waals surface area contributed by atoms with E-state index < -0.39 is 15.8 Å². The van der Waals surface area contributed by atoms with Crippen LogP contribution in [-0.2, 0) is 21.2 Å². The van der Waals surface area contributed by atoms with E-state index in [1.54, 1.807) is 0 Å². The third-order valence-corrected chi connectivity index (χ3v) is 6.66. The molecule has 1 N–H and O–H groups in total. The number of amides is 1. The van der Waals surface area contributed by atoms with E-state index >= 15 is 0 Å². The van der Waals surface area contributed by atoms with Crippen molar-refractivity contribution in [2.75, 3.05) is 39.3 Å². The number of hydrogen-bond donors (Lipinski definition) is 1. The minimum Gasteiger partial charge on any atom is -0.355 e. The Balaban J connectivity index is 1.45. The smallest absolute Gasteiger partial charge is 0.246 e. The molecule has 1 amide bonds. The van der Waals surface area contributed by atoms with Crippen molar-refractivity contribution in [1.29, 1.82) is 0 Å². The topological polar surface area (TPSA) is 69.7 Å². The zero-order chi connectivity index (χ0) is 20.0. The van der Waals surface area contributed by atoms with Gasteiger partial charge in [0.2, 0.25) is 15.9 Å². The summed E-state index contributed by atoms with van der Waals surface area (Å²) in [7, 11) is -3.86. The molecule has 6 nitrogen and oxygen atoms in total. The highest BCUT2D eigenvalue weighted by atomic mass is 32.2. The molecule has 2 aromatic rings. The molecule has 0 radical (unpaired) electrons. The van der Waals surface area contributed by atoms with E-state index in [2.05, 4.69) is 5.32 Å². The maximum absolute atomic E-state index is 13.9. The minimum atomic E-state index is -3.86. The lowest BCUT2D eigenvalue weighted by molar-refractivity contribution is -0.122. The third kappa shape index (κ3) is 5.15. The summed E-state index contributed by atoms with van der Waals surface area (Å²) in [5.41, 5.74) is 1.16. The second kappa shape index (κ2) is 9.27. The van der Waals surface area contributed by atoms with Crippen molar-refractivity contribution in [2.24, 2.45) is 0 Å². The van der Waals surface area contributed by atoms with Crippen LogP contribution in [0.25, 0.3) is 0 Å². The Morgan fingerprint density at radius 3 is 2.29 bits per heavy atom. The summed E-state index contributed by atoms with van der Waals surface area (Å²) in [5.74, 6) is -0.830.